The molecule has 1 aromatic rings. The monoisotopic (exact) mass is 264 g/mol. The summed E-state index contributed by atoms with van der Waals surface area (Å²) in [4.78, 5) is 28.1. The third kappa shape index (κ3) is 3.23. The van der Waals surface area contributed by atoms with Crippen LogP contribution in [0.25, 0.3) is 0 Å². The molecule has 0 bridgehead atoms. The van der Waals surface area contributed by atoms with Crippen LogP contribution in [0, 0.1) is 6.92 Å². The number of fused-ring (bicyclic) bond motifs is 1. The van der Waals surface area contributed by atoms with Crippen LogP contribution in [-0.2, 0) is 16.2 Å². The number of anilines is 1. The second-order valence-corrected chi connectivity index (χ2v) is 5.72. The molecule has 0 N–H and O–H groups in total. The third-order valence-electron chi connectivity index (χ3n) is 2.85. The Hall–Kier alpha value is -1.62. The molecule has 0 atom stereocenters. The molecule has 2 rings (SSSR count). The van der Waals surface area contributed by atoms with E-state index in [1.807, 2.05) is 33.8 Å². The van der Waals surface area contributed by atoms with Gasteiger partial charge in [-0.3, -0.25) is 14.8 Å². The Morgan fingerprint density at radius 2 is 2.16 bits per heavy atom. The number of rotatable bonds is 1. The molecular weight excluding hydrogens is 244 g/mol. The summed E-state index contributed by atoms with van der Waals surface area (Å²) in [6.45, 7) is 8.09. The summed E-state index contributed by atoms with van der Waals surface area (Å²) in [5.74, 6) is 0. The van der Waals surface area contributed by atoms with Crippen LogP contribution in [0.3, 0.4) is 0 Å². The van der Waals surface area contributed by atoms with E-state index in [0.717, 1.165) is 29.8 Å². The summed E-state index contributed by atoms with van der Waals surface area (Å²) in [7, 11) is 0. The van der Waals surface area contributed by atoms with Gasteiger partial charge in [-0.25, -0.2) is 4.79 Å². The Kier molecular flexibility index (Phi) is 3.75. The number of hydrogen-bond donors (Lipinski definition) is 0. The highest BCUT2D eigenvalue weighted by atomic mass is 17.2. The van der Waals surface area contributed by atoms with Crippen molar-refractivity contribution in [3.63, 3.8) is 0 Å². The van der Waals surface area contributed by atoms with E-state index >= 15 is 0 Å². The van der Waals surface area contributed by atoms with Gasteiger partial charge in [0.25, 0.3) is 0 Å². The van der Waals surface area contributed by atoms with Gasteiger partial charge in [-0.15, -0.1) is 0 Å². The van der Waals surface area contributed by atoms with Gasteiger partial charge < -0.3 is 0 Å². The maximum absolute atomic E-state index is 12.1. The smallest absolute Gasteiger partial charge is 0.274 e. The molecule has 0 saturated heterocycles. The molecule has 5 heteroatoms. The van der Waals surface area contributed by atoms with Crippen LogP contribution >= 0.6 is 0 Å². The van der Waals surface area contributed by atoms with Crippen LogP contribution in [0.1, 0.15) is 38.4 Å². The minimum atomic E-state index is -0.516. The lowest BCUT2D eigenvalue weighted by atomic mass is 10.0. The van der Waals surface area contributed by atoms with E-state index in [0.29, 0.717) is 6.54 Å². The van der Waals surface area contributed by atoms with Crippen molar-refractivity contribution in [1.29, 1.82) is 0 Å². The number of carbonyl (C=O) groups excluding carboxylic acids is 1. The molecule has 0 unspecified atom stereocenters. The molecule has 104 valence electrons. The molecule has 5 nitrogen and oxygen atoms in total. The van der Waals surface area contributed by atoms with Gasteiger partial charge in [0.15, 0.2) is 0 Å². The second-order valence-electron chi connectivity index (χ2n) is 5.72. The highest BCUT2D eigenvalue weighted by Crippen LogP contribution is 2.29. The highest BCUT2D eigenvalue weighted by Gasteiger charge is 2.28. The molecule has 0 aliphatic carbocycles. The van der Waals surface area contributed by atoms with Gasteiger partial charge >= 0.3 is 6.09 Å². The summed E-state index contributed by atoms with van der Waals surface area (Å²) in [5, 5.41) is 0. The van der Waals surface area contributed by atoms with Gasteiger partial charge in [0.2, 0.25) is 0 Å². The number of aryl methyl sites for hydroxylation is 2. The zero-order chi connectivity index (χ0) is 14.0. The summed E-state index contributed by atoms with van der Waals surface area (Å²) in [6.07, 6.45) is 3.07. The quantitative estimate of drug-likeness (QED) is 0.578. The van der Waals surface area contributed by atoms with Gasteiger partial charge in [0.05, 0.1) is 11.4 Å². The van der Waals surface area contributed by atoms with E-state index in [1.165, 1.54) is 0 Å². The van der Waals surface area contributed by atoms with Gasteiger partial charge in [-0.2, -0.15) is 4.89 Å². The minimum Gasteiger partial charge on any atom is -0.274 e. The molecule has 2 heterocycles. The lowest BCUT2D eigenvalue weighted by Gasteiger charge is -2.29. The van der Waals surface area contributed by atoms with E-state index in [9.17, 15) is 4.79 Å². The van der Waals surface area contributed by atoms with E-state index in [2.05, 4.69) is 4.98 Å². The Bertz CT molecular complexity index is 480. The molecular formula is C14H20N2O3. The summed E-state index contributed by atoms with van der Waals surface area (Å²) in [5.41, 5.74) is 2.31. The fourth-order valence-corrected chi connectivity index (χ4v) is 2.06. The predicted molar refractivity (Wildman–Crippen MR) is 72.0 cm³/mol. The number of nitrogens with zero attached hydrogens (tertiary/aromatic N) is 2. The molecule has 0 saturated carbocycles. The van der Waals surface area contributed by atoms with Gasteiger partial charge in [-0.05, 0) is 52.2 Å². The van der Waals surface area contributed by atoms with Crippen molar-refractivity contribution >= 4 is 11.8 Å². The number of amides is 1. The van der Waals surface area contributed by atoms with Crippen LogP contribution in [0.5, 0.6) is 0 Å². The largest absolute Gasteiger partial charge is 0.445 e. The van der Waals surface area contributed by atoms with Gasteiger partial charge in [0, 0.05) is 12.7 Å². The number of hydrogen-bond acceptors (Lipinski definition) is 4. The maximum Gasteiger partial charge on any atom is 0.445 e. The van der Waals surface area contributed by atoms with Crippen molar-refractivity contribution in [2.24, 2.45) is 0 Å². The van der Waals surface area contributed by atoms with Gasteiger partial charge in [0.1, 0.15) is 5.60 Å². The Morgan fingerprint density at radius 1 is 1.42 bits per heavy atom. The highest BCUT2D eigenvalue weighted by molar-refractivity contribution is 5.89. The van der Waals surface area contributed by atoms with Crippen molar-refractivity contribution in [1.82, 2.24) is 4.98 Å². The fourth-order valence-electron chi connectivity index (χ4n) is 2.06. The molecule has 1 aromatic heterocycles. The molecule has 19 heavy (non-hydrogen) atoms. The van der Waals surface area contributed by atoms with Crippen LogP contribution in [0.15, 0.2) is 12.3 Å². The molecule has 1 aliphatic heterocycles. The SMILES string of the molecule is Cc1ccnc2c1N(C(=O)OOC(C)(C)C)CCC2. The lowest BCUT2D eigenvalue weighted by molar-refractivity contribution is -0.298. The Balaban J connectivity index is 2.17. The zero-order valence-electron chi connectivity index (χ0n) is 11.9. The number of pyridine rings is 1. The van der Waals surface area contributed by atoms with Crippen molar-refractivity contribution in [3.8, 4) is 0 Å². The first-order valence-corrected chi connectivity index (χ1v) is 6.50. The molecule has 0 aromatic carbocycles. The van der Waals surface area contributed by atoms with Crippen LogP contribution in [0.4, 0.5) is 10.5 Å². The molecule has 1 amide bonds. The Labute approximate surface area is 113 Å². The fraction of sp³-hybridized carbons (Fsp3) is 0.571. The average Bonchev–Trinajstić information content (AvgIpc) is 2.35. The topological polar surface area (TPSA) is 51.7 Å². The second kappa shape index (κ2) is 5.17. The number of carbonyl (C=O) groups is 1. The van der Waals surface area contributed by atoms with E-state index in [1.54, 1.807) is 11.1 Å². The van der Waals surface area contributed by atoms with Gasteiger partial charge in [-0.1, -0.05) is 0 Å². The summed E-state index contributed by atoms with van der Waals surface area (Å²) in [6, 6.07) is 1.90. The molecule has 0 fully saturated rings. The molecule has 1 aliphatic rings. The first-order valence-electron chi connectivity index (χ1n) is 6.50. The van der Waals surface area contributed by atoms with E-state index < -0.39 is 11.7 Å². The predicted octanol–water partition coefficient (Wildman–Crippen LogP) is 3.01. The first kappa shape index (κ1) is 13.8. The van der Waals surface area contributed by atoms with Crippen LogP contribution < -0.4 is 4.90 Å². The van der Waals surface area contributed by atoms with Crippen molar-refractivity contribution in [2.75, 3.05) is 11.4 Å². The van der Waals surface area contributed by atoms with Crippen molar-refractivity contribution < 1.29 is 14.6 Å². The van der Waals surface area contributed by atoms with Crippen LogP contribution in [0.2, 0.25) is 0 Å². The van der Waals surface area contributed by atoms with Crippen LogP contribution in [-0.4, -0.2) is 23.2 Å². The average molecular weight is 264 g/mol. The summed E-state index contributed by atoms with van der Waals surface area (Å²) < 4.78 is 0. The van der Waals surface area contributed by atoms with Crippen molar-refractivity contribution in [2.45, 2.75) is 46.1 Å². The minimum absolute atomic E-state index is 0.480. The molecule has 0 radical (unpaired) electrons. The maximum atomic E-state index is 12.1. The van der Waals surface area contributed by atoms with E-state index in [-0.39, 0.29) is 0 Å². The van der Waals surface area contributed by atoms with E-state index in [4.69, 9.17) is 9.78 Å². The number of aromatic nitrogens is 1. The molecule has 0 spiro atoms. The standard InChI is InChI=1S/C14H20N2O3/c1-10-7-8-15-11-6-5-9-16(12(10)11)13(17)18-19-14(2,3)4/h7-8H,5-6,9H2,1-4H3. The zero-order valence-corrected chi connectivity index (χ0v) is 11.9. The van der Waals surface area contributed by atoms with Crippen molar-refractivity contribution in [3.05, 3.63) is 23.5 Å². The summed E-state index contributed by atoms with van der Waals surface area (Å²) >= 11 is 0. The Morgan fingerprint density at radius 3 is 2.84 bits per heavy atom. The third-order valence-corrected chi connectivity index (χ3v) is 2.85. The normalized spacial score (nSPS) is 15.1. The lowest BCUT2D eigenvalue weighted by Crippen LogP contribution is -2.38. The first-order chi connectivity index (χ1) is 8.88.